The summed E-state index contributed by atoms with van der Waals surface area (Å²) in [4.78, 5) is 66.1. The summed E-state index contributed by atoms with van der Waals surface area (Å²) in [6.07, 6.45) is -5.68. The Bertz CT molecular complexity index is 2380. The van der Waals surface area contributed by atoms with Gasteiger partial charge in [0.1, 0.15) is 36.5 Å². The quantitative estimate of drug-likeness (QED) is 0.119. The Morgan fingerprint density at radius 3 is 2.17 bits per heavy atom. The molecule has 13 nitrogen and oxygen atoms in total. The predicted molar refractivity (Wildman–Crippen MR) is 207 cm³/mol. The fraction of sp³-hybridized carbons (Fsp3) is 0.318. The molecule has 3 aliphatic rings. The van der Waals surface area contributed by atoms with E-state index in [0.717, 1.165) is 33.7 Å². The van der Waals surface area contributed by atoms with Gasteiger partial charge in [-0.15, -0.1) is 0 Å². The maximum atomic E-state index is 13.5. The molecule has 0 bridgehead atoms. The lowest BCUT2D eigenvalue weighted by atomic mass is 9.89. The first-order valence-corrected chi connectivity index (χ1v) is 19.1. The molecule has 2 fully saturated rings. The number of imide groups is 2. The Morgan fingerprint density at radius 2 is 1.50 bits per heavy atom. The summed E-state index contributed by atoms with van der Waals surface area (Å²) in [5, 5.41) is 11.3. The molecule has 310 valence electrons. The van der Waals surface area contributed by atoms with Crippen LogP contribution in [0, 0.1) is 16.7 Å². The fourth-order valence-corrected chi connectivity index (χ4v) is 7.46. The topological polar surface area (TPSA) is 165 Å². The van der Waals surface area contributed by atoms with Gasteiger partial charge >= 0.3 is 6.18 Å². The summed E-state index contributed by atoms with van der Waals surface area (Å²) in [6.45, 7) is 5.00. The van der Waals surface area contributed by atoms with E-state index in [1.54, 1.807) is 23.1 Å². The normalized spacial score (nSPS) is 18.6. The van der Waals surface area contributed by atoms with Crippen molar-refractivity contribution in [3.05, 3.63) is 113 Å². The van der Waals surface area contributed by atoms with Crippen molar-refractivity contribution in [3.63, 3.8) is 0 Å². The molecule has 7 rings (SSSR count). The number of ether oxygens (including phenoxy) is 4. The van der Waals surface area contributed by atoms with Gasteiger partial charge < -0.3 is 23.8 Å². The van der Waals surface area contributed by atoms with E-state index in [-0.39, 0.29) is 74.3 Å². The SMILES string of the molecule is CC1(C)CN(Cc2ccc(-c3ccc(OCCOCCOc4cccc5c4C(=O)N(C4CCC(=O)NC4=O)C5=O)cc3)cc2)C(=O)C1Oc1ccc(C#N)c(C(F)(F)F)c1. The van der Waals surface area contributed by atoms with Gasteiger partial charge in [0, 0.05) is 24.9 Å². The average molecular weight is 825 g/mol. The minimum atomic E-state index is -4.75. The maximum Gasteiger partial charge on any atom is 0.417 e. The number of nitriles is 1. The van der Waals surface area contributed by atoms with Crippen molar-refractivity contribution in [2.24, 2.45) is 5.41 Å². The van der Waals surface area contributed by atoms with Crippen molar-refractivity contribution >= 4 is 29.5 Å². The van der Waals surface area contributed by atoms with E-state index in [2.05, 4.69) is 5.32 Å². The summed E-state index contributed by atoms with van der Waals surface area (Å²) in [6, 6.07) is 23.3. The number of nitrogens with one attached hydrogen (secondary N) is 1. The predicted octanol–water partition coefficient (Wildman–Crippen LogP) is 5.94. The highest BCUT2D eigenvalue weighted by Gasteiger charge is 2.49. The molecule has 3 aliphatic heterocycles. The molecule has 2 saturated heterocycles. The minimum Gasteiger partial charge on any atom is -0.491 e. The third kappa shape index (κ3) is 8.67. The van der Waals surface area contributed by atoms with Crippen LogP contribution in [0.3, 0.4) is 0 Å². The molecule has 16 heteroatoms. The number of rotatable bonds is 14. The second kappa shape index (κ2) is 16.9. The van der Waals surface area contributed by atoms with Crippen LogP contribution in [0.5, 0.6) is 17.2 Å². The number of halogens is 3. The molecule has 2 atom stereocenters. The van der Waals surface area contributed by atoms with Gasteiger partial charge in [-0.1, -0.05) is 56.3 Å². The number of hydrogen-bond donors (Lipinski definition) is 1. The third-order valence-electron chi connectivity index (χ3n) is 10.4. The zero-order valence-corrected chi connectivity index (χ0v) is 32.5. The zero-order chi connectivity index (χ0) is 42.8. The smallest absolute Gasteiger partial charge is 0.417 e. The summed E-state index contributed by atoms with van der Waals surface area (Å²) in [5.41, 5.74) is 0.581. The summed E-state index contributed by atoms with van der Waals surface area (Å²) in [7, 11) is 0. The maximum absolute atomic E-state index is 13.5. The van der Waals surface area contributed by atoms with E-state index in [9.17, 15) is 37.1 Å². The van der Waals surface area contributed by atoms with Crippen LogP contribution in [0.4, 0.5) is 13.2 Å². The first-order chi connectivity index (χ1) is 28.6. The van der Waals surface area contributed by atoms with Crippen LogP contribution in [0.2, 0.25) is 0 Å². The molecular weight excluding hydrogens is 785 g/mol. The lowest BCUT2D eigenvalue weighted by Gasteiger charge is -2.27. The van der Waals surface area contributed by atoms with Crippen molar-refractivity contribution in [1.29, 1.82) is 5.26 Å². The van der Waals surface area contributed by atoms with Gasteiger partial charge in [-0.3, -0.25) is 34.2 Å². The van der Waals surface area contributed by atoms with Crippen LogP contribution in [0.15, 0.2) is 84.9 Å². The number of benzene rings is 4. The molecule has 1 N–H and O–H groups in total. The molecule has 4 aromatic rings. The minimum absolute atomic E-state index is 0.0244. The number of likely N-dealkylation sites (tertiary alicyclic amines) is 1. The Kier molecular flexibility index (Phi) is 11.6. The summed E-state index contributed by atoms with van der Waals surface area (Å²) < 4.78 is 63.6. The van der Waals surface area contributed by atoms with E-state index in [1.165, 1.54) is 12.1 Å². The number of fused-ring (bicyclic) bond motifs is 1. The number of amides is 5. The average Bonchev–Trinajstić information content (AvgIpc) is 3.59. The van der Waals surface area contributed by atoms with Crippen LogP contribution in [0.25, 0.3) is 11.1 Å². The Balaban J connectivity index is 0.849. The molecular formula is C44H39F3N4O9. The lowest BCUT2D eigenvalue weighted by molar-refractivity contribution is -0.138. The molecule has 0 spiro atoms. The molecule has 60 heavy (non-hydrogen) atoms. The van der Waals surface area contributed by atoms with Crippen molar-refractivity contribution in [2.75, 3.05) is 33.0 Å². The standard InChI is InChI=1S/C44H39F3N4O9/c1-43(2)25-50(42(56)38(43)60-31-15-12-29(23-48)33(22-31)44(45,46)47)24-26-6-8-27(9-7-26)28-10-13-30(14-11-28)58-20-18-57-19-21-59-35-5-3-4-32-37(35)41(55)51(40(32)54)34-16-17-36(52)49-39(34)53/h3-15,22,34,38H,16-21,24-25H2,1-2H3,(H,49,52,53). The van der Waals surface area contributed by atoms with Crippen molar-refractivity contribution in [1.82, 2.24) is 15.1 Å². The number of piperidine rings is 1. The molecule has 2 unspecified atom stereocenters. The van der Waals surface area contributed by atoms with Crippen LogP contribution in [0.1, 0.15) is 64.1 Å². The number of carbonyl (C=O) groups is 5. The number of nitrogens with zero attached hydrogens (tertiary/aromatic N) is 3. The van der Waals surface area contributed by atoms with Crippen LogP contribution >= 0.6 is 0 Å². The van der Waals surface area contributed by atoms with Crippen molar-refractivity contribution in [3.8, 4) is 34.4 Å². The van der Waals surface area contributed by atoms with Gasteiger partial charge in [-0.05, 0) is 65.6 Å². The number of alkyl halides is 3. The summed E-state index contributed by atoms with van der Waals surface area (Å²) >= 11 is 0. The lowest BCUT2D eigenvalue weighted by Crippen LogP contribution is -2.54. The van der Waals surface area contributed by atoms with Gasteiger partial charge in [0.2, 0.25) is 11.8 Å². The molecule has 3 heterocycles. The van der Waals surface area contributed by atoms with E-state index in [0.29, 0.717) is 12.3 Å². The van der Waals surface area contributed by atoms with Gasteiger partial charge in [0.15, 0.2) is 6.10 Å². The zero-order valence-electron chi connectivity index (χ0n) is 32.5. The number of carbonyl (C=O) groups excluding carboxylic acids is 5. The first kappa shape index (κ1) is 41.4. The second-order valence-corrected chi connectivity index (χ2v) is 15.2. The summed E-state index contributed by atoms with van der Waals surface area (Å²) in [5.74, 6) is -2.07. The first-order valence-electron chi connectivity index (χ1n) is 19.1. The van der Waals surface area contributed by atoms with Crippen LogP contribution in [-0.2, 0) is 31.8 Å². The van der Waals surface area contributed by atoms with Gasteiger partial charge in [0.05, 0.1) is 41.5 Å². The van der Waals surface area contributed by atoms with Crippen molar-refractivity contribution in [2.45, 2.75) is 51.6 Å². The van der Waals surface area contributed by atoms with E-state index >= 15 is 0 Å². The molecule has 0 saturated carbocycles. The highest BCUT2D eigenvalue weighted by atomic mass is 19.4. The molecule has 0 radical (unpaired) electrons. The van der Waals surface area contributed by atoms with E-state index in [4.69, 9.17) is 24.2 Å². The second-order valence-electron chi connectivity index (χ2n) is 15.2. The van der Waals surface area contributed by atoms with Crippen LogP contribution < -0.4 is 19.5 Å². The van der Waals surface area contributed by atoms with Crippen molar-refractivity contribution < 1.29 is 56.1 Å². The largest absolute Gasteiger partial charge is 0.491 e. The molecule has 0 aromatic heterocycles. The monoisotopic (exact) mass is 824 g/mol. The van der Waals surface area contributed by atoms with Gasteiger partial charge in [-0.25, -0.2) is 0 Å². The fourth-order valence-electron chi connectivity index (χ4n) is 7.46. The molecule has 5 amide bonds. The highest BCUT2D eigenvalue weighted by Crippen LogP contribution is 2.39. The third-order valence-corrected chi connectivity index (χ3v) is 10.4. The highest BCUT2D eigenvalue weighted by molar-refractivity contribution is 6.24. The Morgan fingerprint density at radius 1 is 0.833 bits per heavy atom. The van der Waals surface area contributed by atoms with Crippen LogP contribution in [-0.4, -0.2) is 84.5 Å². The van der Waals surface area contributed by atoms with Gasteiger partial charge in [0.25, 0.3) is 17.7 Å². The Hall–Kier alpha value is -6.73. The molecule has 0 aliphatic carbocycles. The van der Waals surface area contributed by atoms with E-state index < -0.39 is 58.5 Å². The number of hydrogen-bond acceptors (Lipinski definition) is 10. The van der Waals surface area contributed by atoms with E-state index in [1.807, 2.05) is 62.4 Å². The Labute approximate surface area is 342 Å². The van der Waals surface area contributed by atoms with Gasteiger partial charge in [-0.2, -0.15) is 18.4 Å². The molecule has 4 aromatic carbocycles.